The highest BCUT2D eigenvalue weighted by molar-refractivity contribution is 9.10. The lowest BCUT2D eigenvalue weighted by molar-refractivity contribution is -0.123. The van der Waals surface area contributed by atoms with Crippen LogP contribution >= 0.6 is 15.9 Å². The maximum absolute atomic E-state index is 11.6. The van der Waals surface area contributed by atoms with Crippen LogP contribution in [0.5, 0.6) is 11.5 Å². The van der Waals surface area contributed by atoms with Gasteiger partial charge in [0, 0.05) is 10.0 Å². The fraction of sp³-hybridized carbons (Fsp3) is 0.125. The van der Waals surface area contributed by atoms with Gasteiger partial charge in [-0.25, -0.2) is 5.43 Å². The monoisotopic (exact) mass is 362 g/mol. The van der Waals surface area contributed by atoms with E-state index in [1.807, 2.05) is 30.3 Å². The van der Waals surface area contributed by atoms with E-state index in [1.54, 1.807) is 25.3 Å². The minimum atomic E-state index is -0.334. The van der Waals surface area contributed by atoms with Crippen molar-refractivity contribution in [1.82, 2.24) is 5.43 Å². The molecule has 0 fully saturated rings. The molecule has 2 aromatic rings. The lowest BCUT2D eigenvalue weighted by Crippen LogP contribution is -2.24. The highest BCUT2D eigenvalue weighted by Gasteiger charge is 2.02. The number of halogens is 1. The molecule has 114 valence electrons. The summed E-state index contributed by atoms with van der Waals surface area (Å²) in [6, 6.07) is 14.6. The topological polar surface area (TPSA) is 59.9 Å². The van der Waals surface area contributed by atoms with Crippen LogP contribution in [0.2, 0.25) is 0 Å². The maximum atomic E-state index is 11.6. The van der Waals surface area contributed by atoms with Gasteiger partial charge in [0.05, 0.1) is 13.3 Å². The number of carbonyl (C=O) groups is 1. The van der Waals surface area contributed by atoms with Crippen LogP contribution in [-0.4, -0.2) is 25.8 Å². The molecule has 0 aromatic heterocycles. The molecule has 0 aliphatic heterocycles. The summed E-state index contributed by atoms with van der Waals surface area (Å²) in [7, 11) is 1.59. The fourth-order valence-electron chi connectivity index (χ4n) is 1.62. The third kappa shape index (κ3) is 4.89. The highest BCUT2D eigenvalue weighted by atomic mass is 79.9. The second-order valence-corrected chi connectivity index (χ2v) is 5.14. The molecule has 2 rings (SSSR count). The Hall–Kier alpha value is -2.34. The summed E-state index contributed by atoms with van der Waals surface area (Å²) in [5.41, 5.74) is 3.20. The average Bonchev–Trinajstić information content (AvgIpc) is 2.55. The first-order chi connectivity index (χ1) is 10.7. The van der Waals surface area contributed by atoms with Gasteiger partial charge in [-0.15, -0.1) is 0 Å². The Kier molecular flexibility index (Phi) is 5.97. The molecular weight excluding hydrogens is 348 g/mol. The maximum Gasteiger partial charge on any atom is 0.277 e. The van der Waals surface area contributed by atoms with E-state index in [4.69, 9.17) is 9.47 Å². The van der Waals surface area contributed by atoms with Crippen LogP contribution in [-0.2, 0) is 4.79 Å². The van der Waals surface area contributed by atoms with Gasteiger partial charge >= 0.3 is 0 Å². The number of nitrogens with zero attached hydrogens (tertiary/aromatic N) is 1. The molecule has 0 heterocycles. The van der Waals surface area contributed by atoms with Crippen LogP contribution < -0.4 is 14.9 Å². The predicted molar refractivity (Wildman–Crippen MR) is 88.4 cm³/mol. The number of hydrazone groups is 1. The van der Waals surface area contributed by atoms with Crippen molar-refractivity contribution >= 4 is 28.1 Å². The normalized spacial score (nSPS) is 10.5. The second kappa shape index (κ2) is 8.19. The zero-order chi connectivity index (χ0) is 15.8. The highest BCUT2D eigenvalue weighted by Crippen LogP contribution is 2.20. The van der Waals surface area contributed by atoms with Gasteiger partial charge in [0.2, 0.25) is 0 Å². The summed E-state index contributed by atoms with van der Waals surface area (Å²) >= 11 is 3.40. The van der Waals surface area contributed by atoms with Gasteiger partial charge < -0.3 is 9.47 Å². The molecule has 0 atom stereocenters. The van der Waals surface area contributed by atoms with Gasteiger partial charge in [-0.1, -0.05) is 34.1 Å². The van der Waals surface area contributed by atoms with E-state index in [1.165, 1.54) is 6.21 Å². The molecular formula is C16H15BrN2O3. The Morgan fingerprint density at radius 3 is 2.73 bits per heavy atom. The average molecular weight is 363 g/mol. The molecule has 0 unspecified atom stereocenters. The number of rotatable bonds is 6. The number of ether oxygens (including phenoxy) is 2. The van der Waals surface area contributed by atoms with E-state index in [9.17, 15) is 4.79 Å². The van der Waals surface area contributed by atoms with Gasteiger partial charge in [0.25, 0.3) is 5.91 Å². The summed E-state index contributed by atoms with van der Waals surface area (Å²) in [5.74, 6) is 1.01. The number of hydrogen-bond acceptors (Lipinski definition) is 4. The van der Waals surface area contributed by atoms with Crippen LogP contribution in [0.3, 0.4) is 0 Å². The van der Waals surface area contributed by atoms with Crippen LogP contribution in [0.1, 0.15) is 5.56 Å². The quantitative estimate of drug-likeness (QED) is 0.634. The first-order valence-corrected chi connectivity index (χ1v) is 7.31. The molecule has 0 radical (unpaired) electrons. The van der Waals surface area contributed by atoms with E-state index in [0.29, 0.717) is 11.5 Å². The lowest BCUT2D eigenvalue weighted by atomic mass is 10.2. The first-order valence-electron chi connectivity index (χ1n) is 6.52. The van der Waals surface area contributed by atoms with E-state index >= 15 is 0 Å². The van der Waals surface area contributed by atoms with Crippen molar-refractivity contribution in [2.75, 3.05) is 13.7 Å². The van der Waals surface area contributed by atoms with E-state index in [0.717, 1.165) is 10.0 Å². The number of hydrogen-bond donors (Lipinski definition) is 1. The zero-order valence-electron chi connectivity index (χ0n) is 12.0. The number of para-hydroxylation sites is 1. The standard InChI is InChI=1S/C16H15BrN2O3/c1-21-14-7-8-15(17)12(9-14)10-18-19-16(20)11-22-13-5-3-2-4-6-13/h2-10H,11H2,1H3,(H,19,20). The van der Waals surface area contributed by atoms with Crippen LogP contribution in [0.4, 0.5) is 0 Å². The summed E-state index contributed by atoms with van der Waals surface area (Å²) < 4.78 is 11.3. The molecule has 0 aliphatic carbocycles. The Morgan fingerprint density at radius 1 is 1.23 bits per heavy atom. The van der Waals surface area contributed by atoms with Gasteiger partial charge in [0.15, 0.2) is 6.61 Å². The van der Waals surface area contributed by atoms with Crippen LogP contribution in [0.25, 0.3) is 0 Å². The Labute approximate surface area is 137 Å². The number of amides is 1. The van der Waals surface area contributed by atoms with Crippen molar-refractivity contribution in [3.63, 3.8) is 0 Å². The SMILES string of the molecule is COc1ccc(Br)c(C=NNC(=O)COc2ccccc2)c1. The van der Waals surface area contributed by atoms with Gasteiger partial charge in [0.1, 0.15) is 11.5 Å². The summed E-state index contributed by atoms with van der Waals surface area (Å²) in [6.07, 6.45) is 1.53. The van der Waals surface area contributed by atoms with Crippen molar-refractivity contribution in [2.24, 2.45) is 5.10 Å². The van der Waals surface area contributed by atoms with E-state index in [2.05, 4.69) is 26.5 Å². The van der Waals surface area contributed by atoms with Gasteiger partial charge in [-0.2, -0.15) is 5.10 Å². The van der Waals surface area contributed by atoms with Crippen molar-refractivity contribution in [1.29, 1.82) is 0 Å². The number of benzene rings is 2. The summed E-state index contributed by atoms with van der Waals surface area (Å²) in [4.78, 5) is 11.6. The third-order valence-electron chi connectivity index (χ3n) is 2.71. The third-order valence-corrected chi connectivity index (χ3v) is 3.43. The largest absolute Gasteiger partial charge is 0.497 e. The van der Waals surface area contributed by atoms with Crippen molar-refractivity contribution in [2.45, 2.75) is 0 Å². The molecule has 1 amide bonds. The fourth-order valence-corrected chi connectivity index (χ4v) is 1.97. The van der Waals surface area contributed by atoms with Crippen molar-refractivity contribution in [3.8, 4) is 11.5 Å². The summed E-state index contributed by atoms with van der Waals surface area (Å²) in [5, 5.41) is 3.90. The van der Waals surface area contributed by atoms with Crippen LogP contribution in [0, 0.1) is 0 Å². The van der Waals surface area contributed by atoms with E-state index in [-0.39, 0.29) is 12.5 Å². The first kappa shape index (κ1) is 16.0. The molecule has 6 heteroatoms. The van der Waals surface area contributed by atoms with Crippen LogP contribution in [0.15, 0.2) is 58.1 Å². The second-order valence-electron chi connectivity index (χ2n) is 4.28. The minimum Gasteiger partial charge on any atom is -0.497 e. The predicted octanol–water partition coefficient (Wildman–Crippen LogP) is 2.99. The molecule has 0 bridgehead atoms. The number of carbonyl (C=O) groups excluding carboxylic acids is 1. The Morgan fingerprint density at radius 2 is 2.00 bits per heavy atom. The molecule has 1 N–H and O–H groups in total. The molecule has 5 nitrogen and oxygen atoms in total. The number of methoxy groups -OCH3 is 1. The van der Waals surface area contributed by atoms with E-state index < -0.39 is 0 Å². The molecule has 2 aromatic carbocycles. The molecule has 0 spiro atoms. The Bertz CT molecular complexity index is 660. The molecule has 0 saturated heterocycles. The minimum absolute atomic E-state index is 0.0966. The Balaban J connectivity index is 1.85. The smallest absolute Gasteiger partial charge is 0.277 e. The molecule has 0 aliphatic rings. The number of nitrogens with one attached hydrogen (secondary N) is 1. The van der Waals surface area contributed by atoms with Gasteiger partial charge in [-0.3, -0.25) is 4.79 Å². The molecule has 22 heavy (non-hydrogen) atoms. The van der Waals surface area contributed by atoms with Crippen molar-refractivity contribution in [3.05, 3.63) is 58.6 Å². The molecule has 0 saturated carbocycles. The zero-order valence-corrected chi connectivity index (χ0v) is 13.5. The lowest BCUT2D eigenvalue weighted by Gasteiger charge is -2.05. The summed E-state index contributed by atoms with van der Waals surface area (Å²) in [6.45, 7) is -0.0966. The van der Waals surface area contributed by atoms with Crippen molar-refractivity contribution < 1.29 is 14.3 Å². The van der Waals surface area contributed by atoms with Gasteiger partial charge in [-0.05, 0) is 30.3 Å².